The number of hydrogen-bond acceptors (Lipinski definition) is 41. The van der Waals surface area contributed by atoms with Gasteiger partial charge in [-0.1, -0.05) is 13.3 Å². The van der Waals surface area contributed by atoms with Gasteiger partial charge in [-0.05, 0) is 25.7 Å². The Kier molecular flexibility index (Phi) is 147. The largest absolute Gasteiger partial charge is 0.505 e. The molecule has 8 N–H and O–H groups in total. The molecule has 0 heterocycles. The van der Waals surface area contributed by atoms with E-state index in [2.05, 4.69) is 14.2 Å². The first-order valence-electron chi connectivity index (χ1n) is 43.0. The van der Waals surface area contributed by atoms with Gasteiger partial charge in [0.2, 0.25) is 0 Å². The monoisotopic (exact) mass is 1930 g/mol. The maximum Gasteiger partial charge on any atom is 0.505 e. The van der Waals surface area contributed by atoms with Crippen molar-refractivity contribution in [2.24, 2.45) is 0 Å². The van der Waals surface area contributed by atoms with Gasteiger partial charge in [0.05, 0.1) is 350 Å². The van der Waals surface area contributed by atoms with Crippen molar-refractivity contribution in [1.82, 2.24) is 0 Å². The van der Waals surface area contributed by atoms with E-state index in [0.29, 0.717) is 317 Å². The van der Waals surface area contributed by atoms with E-state index in [1.165, 1.54) is 0 Å². The van der Waals surface area contributed by atoms with Gasteiger partial charge in [0.1, 0.15) is 19.8 Å². The summed E-state index contributed by atoms with van der Waals surface area (Å²) in [5.41, 5.74) is 0. The fourth-order valence-corrected chi connectivity index (χ4v) is 7.28. The summed E-state index contributed by atoms with van der Waals surface area (Å²) >= 11 is 0. The van der Waals surface area contributed by atoms with E-state index in [1.807, 2.05) is 6.92 Å². The average molecular weight is 1930 g/mol. The summed E-state index contributed by atoms with van der Waals surface area (Å²) < 4.78 is 165. The highest BCUT2D eigenvalue weighted by atomic mass is 16.7. The summed E-state index contributed by atoms with van der Waals surface area (Å²) in [4.78, 5) is 80.6. The topological polar surface area (TPSA) is 603 Å². The minimum absolute atomic E-state index is 0.0200. The molecular weight excluding hydrogens is 1770 g/mol. The summed E-state index contributed by atoms with van der Waals surface area (Å²) in [6.07, 6.45) is 0.658. The Bertz CT molecular complexity index is 2090. The zero-order valence-electron chi connectivity index (χ0n) is 79.0. The molecule has 0 bridgehead atoms. The van der Waals surface area contributed by atoms with Crippen LogP contribution in [0.15, 0.2) is 0 Å². The number of carbonyl (C=O) groups is 8. The standard InChI is InChI=1S/C13H26O6.C12H24O7.C11H22O6.C10H20O7.2C10H20O6.C8H16O6.C8H16O5/c1-16-7-8-18-11-12-19-10-9-17-6-4-2-3-5-13(14)15;1-15-4-5-17-8-9-19-11-10-18-7-6-16-3-2-12(13)14;1-14-5-6-16-9-10-17-8-7-15-4-2-3-11(12)13;1-13-2-3-14-4-5-15-6-7-16-8-9-17-10(11)12;1-13-4-5-15-8-9-16-7-6-14-3-2-10(11)12;1-2-3-13-4-5-14-6-7-15-8-9-16-10(11)12;1-11-2-3-12-4-5-13-6-7-14-8(9)10;1-11-4-5-13-7-6-12-3-2-8(9)10/h2-12H2,1H3,(H,14,15);2-11H2,1H3,(H,13,14);2-10H2,1H3,(H,12,13);2-9H2,1H3,(H,11,12);2*2-9H2,1H3,(H,11,12);2-7H2,1H3,(H,9,10);2-7H2,1H3,(H,9,10). The number of carboxylic acid groups (broad SMARTS) is 8. The maximum absolute atomic E-state index is 10.3. The number of methoxy groups -OCH3 is 7. The summed E-state index contributed by atoms with van der Waals surface area (Å²) in [5, 5.41) is 66.1. The number of carboxylic acids is 5. The molecule has 131 heavy (non-hydrogen) atoms. The van der Waals surface area contributed by atoms with Crippen LogP contribution in [-0.4, -0.2) is 509 Å². The van der Waals surface area contributed by atoms with Gasteiger partial charge in [-0.3, -0.25) is 24.0 Å². The first kappa shape index (κ1) is 140. The molecule has 0 fully saturated rings. The molecule has 0 aromatic rings. The van der Waals surface area contributed by atoms with E-state index >= 15 is 0 Å². The number of aliphatic carboxylic acids is 5. The van der Waals surface area contributed by atoms with E-state index in [9.17, 15) is 38.4 Å². The fourth-order valence-electron chi connectivity index (χ4n) is 7.28. The first-order chi connectivity index (χ1) is 63.7. The highest BCUT2D eigenvalue weighted by Gasteiger charge is 2.05. The molecule has 786 valence electrons. The minimum atomic E-state index is -1.29. The molecule has 0 spiro atoms. The molecule has 0 radical (unpaired) electrons. The molecule has 0 aliphatic carbocycles. The summed E-state index contributed by atoms with van der Waals surface area (Å²) in [7, 11) is 11.3. The zero-order valence-corrected chi connectivity index (χ0v) is 79.0. The zero-order chi connectivity index (χ0) is 98.6. The molecule has 0 aromatic carbocycles. The lowest BCUT2D eigenvalue weighted by molar-refractivity contribution is -0.139. The summed E-state index contributed by atoms with van der Waals surface area (Å²) in [5.74, 6) is -4.09. The second kappa shape index (κ2) is 137. The molecule has 0 unspecified atom stereocenters. The van der Waals surface area contributed by atoms with Crippen LogP contribution in [0.1, 0.15) is 71.1 Å². The number of rotatable bonds is 96. The Labute approximate surface area is 772 Å². The molecule has 0 saturated carbocycles. The Hall–Kier alpha value is -6.04. The summed E-state index contributed by atoms with van der Waals surface area (Å²) in [6, 6.07) is 0. The predicted molar refractivity (Wildman–Crippen MR) is 464 cm³/mol. The molecular formula is C82H164O49. The Balaban J connectivity index is -0.000000221. The lowest BCUT2D eigenvalue weighted by atomic mass is 10.2. The van der Waals surface area contributed by atoms with E-state index in [0.717, 1.165) is 25.9 Å². The molecule has 0 aromatic heterocycles. The molecule has 0 amide bonds. The molecule has 0 aliphatic heterocycles. The maximum atomic E-state index is 10.3. The van der Waals surface area contributed by atoms with Gasteiger partial charge in [0.25, 0.3) is 0 Å². The van der Waals surface area contributed by atoms with Crippen molar-refractivity contribution < 1.29 is 236 Å². The third-order valence-electron chi connectivity index (χ3n) is 13.6. The highest BCUT2D eigenvalue weighted by Crippen LogP contribution is 2.01. The molecule has 49 nitrogen and oxygen atoms in total. The van der Waals surface area contributed by atoms with Gasteiger partial charge in [0, 0.05) is 82.4 Å². The molecule has 49 heteroatoms. The van der Waals surface area contributed by atoms with Crippen LogP contribution < -0.4 is 0 Å². The normalized spacial score (nSPS) is 10.5. The lowest BCUT2D eigenvalue weighted by Gasteiger charge is -2.07. The minimum Gasteiger partial charge on any atom is -0.481 e. The van der Waals surface area contributed by atoms with Crippen molar-refractivity contribution in [3.63, 3.8) is 0 Å². The van der Waals surface area contributed by atoms with Crippen LogP contribution in [0, 0.1) is 0 Å². The fraction of sp³-hybridized carbons (Fsp3) is 0.902. The average Bonchev–Trinajstić information content (AvgIpc) is 1.14. The molecule has 0 saturated heterocycles. The third kappa shape index (κ3) is 181. The van der Waals surface area contributed by atoms with Crippen molar-refractivity contribution in [3.05, 3.63) is 0 Å². The lowest BCUT2D eigenvalue weighted by Crippen LogP contribution is -2.13. The van der Waals surface area contributed by atoms with Crippen molar-refractivity contribution in [1.29, 1.82) is 0 Å². The van der Waals surface area contributed by atoms with E-state index in [1.54, 1.807) is 49.8 Å². The van der Waals surface area contributed by atoms with Crippen molar-refractivity contribution in [2.75, 3.05) is 420 Å². The first-order valence-corrected chi connectivity index (χ1v) is 43.0. The number of ether oxygens (including phenoxy) is 33. The van der Waals surface area contributed by atoms with Gasteiger partial charge >= 0.3 is 48.3 Å². The van der Waals surface area contributed by atoms with Gasteiger partial charge in [-0.25, -0.2) is 14.4 Å². The van der Waals surface area contributed by atoms with Crippen molar-refractivity contribution >= 4 is 48.3 Å². The van der Waals surface area contributed by atoms with E-state index in [-0.39, 0.29) is 91.6 Å². The number of hydrogen-bond donors (Lipinski definition) is 8. The van der Waals surface area contributed by atoms with E-state index < -0.39 is 48.3 Å². The van der Waals surface area contributed by atoms with Gasteiger partial charge in [-0.2, -0.15) is 0 Å². The van der Waals surface area contributed by atoms with Crippen LogP contribution >= 0.6 is 0 Å². The van der Waals surface area contributed by atoms with Crippen molar-refractivity contribution in [2.45, 2.75) is 71.1 Å². The molecule has 0 rings (SSSR count). The second-order valence-corrected chi connectivity index (χ2v) is 24.5. The SMILES string of the molecule is CCCOCCOCCOCCOC(=O)O.COCCOCCOCCC(=O)O.COCCOCCOCCOC(=O)O.COCCOCCOCCOCCC(=O)O.COCCOCCOCCOCCCC(=O)O.COCCOCCOCCOCCCCCC(=O)O.COCCOCCOCCOCCOC(=O)O.COCCOCCOCCOCCOCCC(=O)O. The van der Waals surface area contributed by atoms with Gasteiger partial charge < -0.3 is 197 Å². The Morgan fingerprint density at radius 3 is 0.443 bits per heavy atom. The third-order valence-corrected chi connectivity index (χ3v) is 13.6. The molecule has 0 aliphatic rings. The number of unbranched alkanes of at least 4 members (excludes halogenated alkanes) is 2. The van der Waals surface area contributed by atoms with Crippen LogP contribution in [0.4, 0.5) is 14.4 Å². The molecule has 0 atom stereocenters. The van der Waals surface area contributed by atoms with Crippen LogP contribution in [0.25, 0.3) is 0 Å². The quantitative estimate of drug-likeness (QED) is 0.0240. The van der Waals surface area contributed by atoms with Crippen LogP contribution in [0.3, 0.4) is 0 Å². The van der Waals surface area contributed by atoms with E-state index in [4.69, 9.17) is 183 Å². The second-order valence-electron chi connectivity index (χ2n) is 24.5. The Morgan fingerprint density at radius 2 is 0.282 bits per heavy atom. The van der Waals surface area contributed by atoms with Crippen LogP contribution in [0.2, 0.25) is 0 Å². The predicted octanol–water partition coefficient (Wildman–Crippen LogP) is 4.23. The van der Waals surface area contributed by atoms with Crippen LogP contribution in [0.5, 0.6) is 0 Å². The smallest absolute Gasteiger partial charge is 0.481 e. The summed E-state index contributed by atoms with van der Waals surface area (Å²) in [6.45, 7) is 28.3. The van der Waals surface area contributed by atoms with Gasteiger partial charge in [0.15, 0.2) is 0 Å². The van der Waals surface area contributed by atoms with Crippen LogP contribution in [-0.2, 0) is 180 Å². The van der Waals surface area contributed by atoms with Crippen molar-refractivity contribution in [3.8, 4) is 0 Å². The highest BCUT2D eigenvalue weighted by molar-refractivity contribution is 5.68. The van der Waals surface area contributed by atoms with Gasteiger partial charge in [-0.15, -0.1) is 0 Å². The Morgan fingerprint density at radius 1 is 0.145 bits per heavy atom.